The molecule has 0 aliphatic heterocycles. The van der Waals surface area contributed by atoms with Crippen LogP contribution in [0.25, 0.3) is 0 Å². The highest BCUT2D eigenvalue weighted by atomic mass is 32.2. The molecule has 6 heteroatoms. The van der Waals surface area contributed by atoms with Gasteiger partial charge in [0.2, 0.25) is 0 Å². The number of hydrogen-bond acceptors (Lipinski definition) is 4. The average Bonchev–Trinajstić information content (AvgIpc) is 2.26. The molecule has 0 unspecified atom stereocenters. The fourth-order valence-corrected chi connectivity index (χ4v) is 2.79. The summed E-state index contributed by atoms with van der Waals surface area (Å²) >= 11 is 1.12. The second kappa shape index (κ2) is 5.54. The molecule has 4 nitrogen and oxygen atoms in total. The van der Waals surface area contributed by atoms with E-state index >= 15 is 0 Å². The van der Waals surface area contributed by atoms with Crippen LogP contribution in [0.5, 0.6) is 0 Å². The third-order valence-electron chi connectivity index (χ3n) is 2.49. The number of aliphatic hydroxyl groups excluding tert-OH is 1. The van der Waals surface area contributed by atoms with Gasteiger partial charge in [0.1, 0.15) is 5.82 Å². The number of aryl methyl sites for hydroxylation is 1. The summed E-state index contributed by atoms with van der Waals surface area (Å²) in [7, 11) is 0. The minimum absolute atomic E-state index is 0.205. The van der Waals surface area contributed by atoms with Gasteiger partial charge in [-0.1, -0.05) is 17.8 Å². The number of nitrogens with zero attached hydrogens (tertiary/aromatic N) is 1. The lowest BCUT2D eigenvalue weighted by Crippen LogP contribution is -2.08. The Labute approximate surface area is 113 Å². The van der Waals surface area contributed by atoms with Crippen LogP contribution in [0.4, 0.5) is 4.39 Å². The Balaban J connectivity index is 2.43. The van der Waals surface area contributed by atoms with Gasteiger partial charge in [0, 0.05) is 22.2 Å². The summed E-state index contributed by atoms with van der Waals surface area (Å²) in [6, 6.07) is 5.90. The van der Waals surface area contributed by atoms with E-state index in [9.17, 15) is 14.3 Å². The predicted octanol–water partition coefficient (Wildman–Crippen LogP) is 2.42. The number of H-pyrrole nitrogens is 1. The van der Waals surface area contributed by atoms with Crippen LogP contribution in [0.15, 0.2) is 39.1 Å². The molecular weight excluding hydrogens is 267 g/mol. The van der Waals surface area contributed by atoms with Gasteiger partial charge in [0.05, 0.1) is 6.10 Å². The second-order valence-electron chi connectivity index (χ2n) is 4.12. The number of aliphatic hydroxyl groups is 1. The van der Waals surface area contributed by atoms with Crippen LogP contribution in [-0.4, -0.2) is 15.1 Å². The molecule has 1 aromatic carbocycles. The van der Waals surface area contributed by atoms with Gasteiger partial charge in [-0.2, -0.15) is 0 Å². The van der Waals surface area contributed by atoms with Crippen molar-refractivity contribution >= 4 is 11.8 Å². The lowest BCUT2D eigenvalue weighted by molar-refractivity contribution is 0.191. The fourth-order valence-electron chi connectivity index (χ4n) is 1.72. The van der Waals surface area contributed by atoms with Crippen LogP contribution in [-0.2, 0) is 0 Å². The Hall–Kier alpha value is -1.66. The standard InChI is InChI=1S/C13H13FN2O2S/c1-7-6-11(18)16-13(15-7)19-10-5-3-4-9(14)12(10)8(2)17/h3-6,8,17H,1-2H3,(H,15,16,18)/t8-/m0/s1. The Morgan fingerprint density at radius 3 is 2.84 bits per heavy atom. The van der Waals surface area contributed by atoms with Crippen LogP contribution in [0, 0.1) is 12.7 Å². The zero-order valence-electron chi connectivity index (χ0n) is 10.5. The van der Waals surface area contributed by atoms with Crippen LogP contribution >= 0.6 is 11.8 Å². The number of hydrogen-bond donors (Lipinski definition) is 2. The smallest absolute Gasteiger partial charge is 0.251 e. The molecule has 2 rings (SSSR count). The van der Waals surface area contributed by atoms with Crippen LogP contribution in [0.2, 0.25) is 0 Å². The SMILES string of the molecule is Cc1cc(=O)[nH]c(Sc2cccc(F)c2[C@H](C)O)n1. The van der Waals surface area contributed by atoms with E-state index < -0.39 is 11.9 Å². The van der Waals surface area contributed by atoms with Crippen molar-refractivity contribution in [2.24, 2.45) is 0 Å². The topological polar surface area (TPSA) is 66.0 Å². The first-order valence-electron chi connectivity index (χ1n) is 5.69. The molecule has 0 spiro atoms. The first kappa shape index (κ1) is 13.8. The van der Waals surface area contributed by atoms with Gasteiger partial charge in [-0.3, -0.25) is 4.79 Å². The number of halogens is 1. The highest BCUT2D eigenvalue weighted by Gasteiger charge is 2.15. The molecule has 0 aliphatic rings. The quantitative estimate of drug-likeness (QED) is 0.847. The highest BCUT2D eigenvalue weighted by Crippen LogP contribution is 2.32. The Bertz CT molecular complexity index is 655. The van der Waals surface area contributed by atoms with E-state index in [4.69, 9.17) is 0 Å². The van der Waals surface area contributed by atoms with Gasteiger partial charge in [0.25, 0.3) is 5.56 Å². The summed E-state index contributed by atoms with van der Waals surface area (Å²) in [5.41, 5.74) is 0.530. The molecule has 100 valence electrons. The molecule has 0 amide bonds. The minimum Gasteiger partial charge on any atom is -0.389 e. The first-order chi connectivity index (χ1) is 8.97. The molecule has 0 aliphatic carbocycles. The summed E-state index contributed by atoms with van der Waals surface area (Å²) in [4.78, 5) is 18.6. The fraction of sp³-hybridized carbons (Fsp3) is 0.231. The zero-order valence-corrected chi connectivity index (χ0v) is 11.3. The zero-order chi connectivity index (χ0) is 14.0. The third-order valence-corrected chi connectivity index (χ3v) is 3.45. The van der Waals surface area contributed by atoms with E-state index in [1.165, 1.54) is 19.1 Å². The summed E-state index contributed by atoms with van der Waals surface area (Å²) in [6.45, 7) is 3.20. The molecular formula is C13H13FN2O2S. The summed E-state index contributed by atoms with van der Waals surface area (Å²) < 4.78 is 13.7. The van der Waals surface area contributed by atoms with E-state index in [0.29, 0.717) is 15.7 Å². The van der Waals surface area contributed by atoms with Gasteiger partial charge in [-0.25, -0.2) is 9.37 Å². The summed E-state index contributed by atoms with van der Waals surface area (Å²) in [5.74, 6) is -0.477. The minimum atomic E-state index is -0.930. The lowest BCUT2D eigenvalue weighted by Gasteiger charge is -2.12. The van der Waals surface area contributed by atoms with E-state index in [1.807, 2.05) is 0 Å². The molecule has 2 aromatic rings. The van der Waals surface area contributed by atoms with Crippen LogP contribution in [0.3, 0.4) is 0 Å². The molecule has 1 aromatic heterocycles. The van der Waals surface area contributed by atoms with E-state index in [0.717, 1.165) is 11.8 Å². The molecule has 0 saturated carbocycles. The Kier molecular flexibility index (Phi) is 4.01. The number of benzene rings is 1. The first-order valence-corrected chi connectivity index (χ1v) is 6.51. The van der Waals surface area contributed by atoms with Crippen molar-refractivity contribution in [3.05, 3.63) is 51.7 Å². The van der Waals surface area contributed by atoms with Crippen molar-refractivity contribution in [2.75, 3.05) is 0 Å². The van der Waals surface area contributed by atoms with E-state index in [1.54, 1.807) is 19.1 Å². The summed E-state index contributed by atoms with van der Waals surface area (Å²) in [5, 5.41) is 10.00. The van der Waals surface area contributed by atoms with Crippen molar-refractivity contribution in [1.82, 2.24) is 9.97 Å². The van der Waals surface area contributed by atoms with Crippen molar-refractivity contribution in [2.45, 2.75) is 30.0 Å². The second-order valence-corrected chi connectivity index (χ2v) is 5.15. The van der Waals surface area contributed by atoms with Crippen molar-refractivity contribution in [1.29, 1.82) is 0 Å². The predicted molar refractivity (Wildman–Crippen MR) is 70.8 cm³/mol. The lowest BCUT2D eigenvalue weighted by atomic mass is 10.1. The number of nitrogens with one attached hydrogen (secondary N) is 1. The van der Waals surface area contributed by atoms with Crippen molar-refractivity contribution < 1.29 is 9.50 Å². The molecule has 2 N–H and O–H groups in total. The molecule has 0 saturated heterocycles. The maximum atomic E-state index is 13.7. The van der Waals surface area contributed by atoms with Gasteiger partial charge in [0.15, 0.2) is 5.16 Å². The monoisotopic (exact) mass is 280 g/mol. The van der Waals surface area contributed by atoms with Crippen LogP contribution in [0.1, 0.15) is 24.3 Å². The molecule has 1 atom stereocenters. The molecule has 19 heavy (non-hydrogen) atoms. The number of aromatic amines is 1. The van der Waals surface area contributed by atoms with Crippen LogP contribution < -0.4 is 5.56 Å². The van der Waals surface area contributed by atoms with Crippen molar-refractivity contribution in [3.63, 3.8) is 0 Å². The van der Waals surface area contributed by atoms with Gasteiger partial charge < -0.3 is 10.1 Å². The van der Waals surface area contributed by atoms with Crippen molar-refractivity contribution in [3.8, 4) is 0 Å². The molecule has 0 radical (unpaired) electrons. The van der Waals surface area contributed by atoms with Gasteiger partial charge in [-0.15, -0.1) is 0 Å². The average molecular weight is 280 g/mol. The van der Waals surface area contributed by atoms with E-state index in [2.05, 4.69) is 9.97 Å². The maximum Gasteiger partial charge on any atom is 0.251 e. The molecule has 0 fully saturated rings. The number of aromatic nitrogens is 2. The largest absolute Gasteiger partial charge is 0.389 e. The molecule has 0 bridgehead atoms. The third kappa shape index (κ3) is 3.21. The Morgan fingerprint density at radius 2 is 2.21 bits per heavy atom. The normalized spacial score (nSPS) is 12.4. The van der Waals surface area contributed by atoms with Gasteiger partial charge >= 0.3 is 0 Å². The highest BCUT2D eigenvalue weighted by molar-refractivity contribution is 7.99. The molecule has 1 heterocycles. The van der Waals surface area contributed by atoms with Gasteiger partial charge in [-0.05, 0) is 26.0 Å². The Morgan fingerprint density at radius 1 is 1.47 bits per heavy atom. The number of rotatable bonds is 3. The summed E-state index contributed by atoms with van der Waals surface area (Å²) in [6.07, 6.45) is -0.930. The van der Waals surface area contributed by atoms with E-state index in [-0.39, 0.29) is 11.1 Å². The maximum absolute atomic E-state index is 13.7.